The van der Waals surface area contributed by atoms with E-state index in [1.165, 1.54) is 0 Å². The number of hydrogen-bond acceptors (Lipinski definition) is 5. The van der Waals surface area contributed by atoms with Gasteiger partial charge < -0.3 is 9.42 Å². The quantitative estimate of drug-likeness (QED) is 0.853. The van der Waals surface area contributed by atoms with Crippen LogP contribution < -0.4 is 0 Å². The number of amides is 1. The molecule has 1 aliphatic rings. The van der Waals surface area contributed by atoms with Crippen LogP contribution >= 0.6 is 11.3 Å². The lowest BCUT2D eigenvalue weighted by molar-refractivity contribution is -0.127. The molecule has 6 heteroatoms. The van der Waals surface area contributed by atoms with Gasteiger partial charge in [-0.05, 0) is 20.3 Å². The molecule has 3 rings (SSSR count). The van der Waals surface area contributed by atoms with Crippen molar-refractivity contribution in [3.05, 3.63) is 21.8 Å². The van der Waals surface area contributed by atoms with Crippen molar-refractivity contribution in [2.75, 3.05) is 13.1 Å². The van der Waals surface area contributed by atoms with Gasteiger partial charge in [0.2, 0.25) is 5.91 Å². The first-order valence-electron chi connectivity index (χ1n) is 6.70. The van der Waals surface area contributed by atoms with E-state index in [-0.39, 0.29) is 5.91 Å². The Morgan fingerprint density at radius 3 is 2.90 bits per heavy atom. The van der Waals surface area contributed by atoms with Gasteiger partial charge in [0.15, 0.2) is 0 Å². The van der Waals surface area contributed by atoms with Gasteiger partial charge in [-0.3, -0.25) is 4.79 Å². The summed E-state index contributed by atoms with van der Waals surface area (Å²) < 4.78 is 5.19. The maximum Gasteiger partial charge on any atom is 0.219 e. The number of hydrogen-bond donors (Lipinski definition) is 0. The molecule has 106 valence electrons. The van der Waals surface area contributed by atoms with Gasteiger partial charge in [0.25, 0.3) is 0 Å². The molecule has 3 heterocycles. The number of carbonyl (C=O) groups excluding carboxylic acids is 1. The van der Waals surface area contributed by atoms with Gasteiger partial charge in [0.1, 0.15) is 5.76 Å². The first-order valence-corrected chi connectivity index (χ1v) is 7.58. The normalized spacial score (nSPS) is 18.8. The Kier molecular flexibility index (Phi) is 3.33. The molecule has 1 aliphatic heterocycles. The number of aryl methyl sites for hydroxylation is 2. The fourth-order valence-electron chi connectivity index (χ4n) is 2.69. The molecule has 0 radical (unpaired) electrons. The molecule has 1 unspecified atom stereocenters. The third kappa shape index (κ3) is 2.24. The van der Waals surface area contributed by atoms with Crippen molar-refractivity contribution in [3.63, 3.8) is 0 Å². The van der Waals surface area contributed by atoms with E-state index < -0.39 is 0 Å². The zero-order chi connectivity index (χ0) is 14.3. The molecule has 1 atom stereocenters. The molecule has 0 N–H and O–H groups in total. The number of thiazole rings is 1. The van der Waals surface area contributed by atoms with Crippen LogP contribution in [0.25, 0.3) is 11.3 Å². The van der Waals surface area contributed by atoms with E-state index in [4.69, 9.17) is 9.51 Å². The molecule has 0 aliphatic carbocycles. The third-order valence-corrected chi connectivity index (χ3v) is 4.80. The molecule has 0 spiro atoms. The van der Waals surface area contributed by atoms with Crippen molar-refractivity contribution in [1.82, 2.24) is 15.0 Å². The third-order valence-electron chi connectivity index (χ3n) is 3.79. The number of carbonyl (C=O) groups is 1. The standard InChI is InChI=1S/C14H17N3O2S/c1-8-13(9(2)19-16-8)12-7-20-14(15-12)11-4-5-17(6-11)10(3)18/h7,11H,4-6H2,1-3H3. The van der Waals surface area contributed by atoms with E-state index >= 15 is 0 Å². The van der Waals surface area contributed by atoms with Crippen LogP contribution in [0.1, 0.15) is 35.7 Å². The summed E-state index contributed by atoms with van der Waals surface area (Å²) in [4.78, 5) is 18.0. The summed E-state index contributed by atoms with van der Waals surface area (Å²) in [6.07, 6.45) is 0.994. The fraction of sp³-hybridized carbons (Fsp3) is 0.500. The van der Waals surface area contributed by atoms with Gasteiger partial charge in [-0.25, -0.2) is 4.98 Å². The predicted molar refractivity (Wildman–Crippen MR) is 76.7 cm³/mol. The van der Waals surface area contributed by atoms with Crippen LogP contribution in [-0.4, -0.2) is 34.0 Å². The van der Waals surface area contributed by atoms with Gasteiger partial charge in [0, 0.05) is 31.3 Å². The molecule has 1 fully saturated rings. The minimum absolute atomic E-state index is 0.148. The zero-order valence-corrected chi connectivity index (χ0v) is 12.7. The highest BCUT2D eigenvalue weighted by Gasteiger charge is 2.28. The molecule has 0 aromatic carbocycles. The number of aromatic nitrogens is 2. The number of nitrogens with zero attached hydrogens (tertiary/aromatic N) is 3. The SMILES string of the molecule is CC(=O)N1CCC(c2nc(-c3c(C)noc3C)cs2)C1. The Morgan fingerprint density at radius 1 is 1.50 bits per heavy atom. The molecule has 2 aromatic heterocycles. The Morgan fingerprint density at radius 2 is 2.30 bits per heavy atom. The van der Waals surface area contributed by atoms with Crippen LogP contribution in [-0.2, 0) is 4.79 Å². The zero-order valence-electron chi connectivity index (χ0n) is 11.8. The van der Waals surface area contributed by atoms with Crippen molar-refractivity contribution in [2.24, 2.45) is 0 Å². The summed E-state index contributed by atoms with van der Waals surface area (Å²) in [6, 6.07) is 0. The molecule has 5 nitrogen and oxygen atoms in total. The molecule has 1 saturated heterocycles. The first kappa shape index (κ1) is 13.3. The molecular formula is C14H17N3O2S. The fourth-order valence-corrected chi connectivity index (χ4v) is 3.63. The van der Waals surface area contributed by atoms with Crippen LogP contribution in [0, 0.1) is 13.8 Å². The Balaban J connectivity index is 1.83. The smallest absolute Gasteiger partial charge is 0.219 e. The van der Waals surface area contributed by atoms with Crippen LogP contribution in [0.5, 0.6) is 0 Å². The maximum absolute atomic E-state index is 11.4. The summed E-state index contributed by atoms with van der Waals surface area (Å²) in [6.45, 7) is 7.07. The van der Waals surface area contributed by atoms with Crippen LogP contribution in [0.4, 0.5) is 0 Å². The van der Waals surface area contributed by atoms with Gasteiger partial charge in [0.05, 0.1) is 22.0 Å². The van der Waals surface area contributed by atoms with Gasteiger partial charge in [-0.2, -0.15) is 0 Å². The van der Waals surface area contributed by atoms with Crippen molar-refractivity contribution in [3.8, 4) is 11.3 Å². The molecular weight excluding hydrogens is 274 g/mol. The Hall–Kier alpha value is -1.69. The monoisotopic (exact) mass is 291 g/mol. The lowest BCUT2D eigenvalue weighted by Crippen LogP contribution is -2.25. The number of likely N-dealkylation sites (tertiary alicyclic amines) is 1. The van der Waals surface area contributed by atoms with Crippen LogP contribution in [0.15, 0.2) is 9.90 Å². The van der Waals surface area contributed by atoms with Gasteiger partial charge in [-0.1, -0.05) is 5.16 Å². The summed E-state index contributed by atoms with van der Waals surface area (Å²) >= 11 is 1.66. The highest BCUT2D eigenvalue weighted by molar-refractivity contribution is 7.10. The minimum atomic E-state index is 0.148. The number of rotatable bonds is 2. The highest BCUT2D eigenvalue weighted by Crippen LogP contribution is 2.34. The second kappa shape index (κ2) is 5.01. The minimum Gasteiger partial charge on any atom is -0.361 e. The molecule has 1 amide bonds. The summed E-state index contributed by atoms with van der Waals surface area (Å²) in [5.74, 6) is 1.31. The lowest BCUT2D eigenvalue weighted by atomic mass is 10.1. The summed E-state index contributed by atoms with van der Waals surface area (Å²) in [5.41, 5.74) is 2.80. The van der Waals surface area contributed by atoms with Crippen molar-refractivity contribution in [2.45, 2.75) is 33.1 Å². The average Bonchev–Trinajstić information content (AvgIpc) is 3.08. The van der Waals surface area contributed by atoms with Crippen molar-refractivity contribution in [1.29, 1.82) is 0 Å². The Bertz CT molecular complexity index is 627. The van der Waals surface area contributed by atoms with Gasteiger partial charge >= 0.3 is 0 Å². The van der Waals surface area contributed by atoms with E-state index in [1.54, 1.807) is 18.3 Å². The average molecular weight is 291 g/mol. The van der Waals surface area contributed by atoms with Crippen LogP contribution in [0.2, 0.25) is 0 Å². The molecule has 0 bridgehead atoms. The lowest BCUT2D eigenvalue weighted by Gasteiger charge is -2.12. The predicted octanol–water partition coefficient (Wildman–Crippen LogP) is 2.75. The topological polar surface area (TPSA) is 59.2 Å². The second-order valence-electron chi connectivity index (χ2n) is 5.22. The maximum atomic E-state index is 11.4. The molecule has 20 heavy (non-hydrogen) atoms. The molecule has 0 saturated carbocycles. The van der Waals surface area contributed by atoms with E-state index in [0.29, 0.717) is 5.92 Å². The van der Waals surface area contributed by atoms with E-state index in [9.17, 15) is 4.79 Å². The van der Waals surface area contributed by atoms with Crippen molar-refractivity contribution >= 4 is 17.2 Å². The van der Waals surface area contributed by atoms with Gasteiger partial charge in [-0.15, -0.1) is 11.3 Å². The largest absolute Gasteiger partial charge is 0.361 e. The molecule has 2 aromatic rings. The van der Waals surface area contributed by atoms with Crippen molar-refractivity contribution < 1.29 is 9.32 Å². The summed E-state index contributed by atoms with van der Waals surface area (Å²) in [7, 11) is 0. The second-order valence-corrected chi connectivity index (χ2v) is 6.11. The summed E-state index contributed by atoms with van der Waals surface area (Å²) in [5, 5.41) is 7.13. The van der Waals surface area contributed by atoms with E-state index in [0.717, 1.165) is 47.2 Å². The first-order chi connectivity index (χ1) is 9.56. The van der Waals surface area contributed by atoms with E-state index in [1.807, 2.05) is 18.7 Å². The van der Waals surface area contributed by atoms with Crippen LogP contribution in [0.3, 0.4) is 0 Å². The highest BCUT2D eigenvalue weighted by atomic mass is 32.1. The Labute approximate surface area is 121 Å². The van der Waals surface area contributed by atoms with E-state index in [2.05, 4.69) is 10.5 Å².